The van der Waals surface area contributed by atoms with Crippen LogP contribution in [0.3, 0.4) is 0 Å². The molecule has 5 rings (SSSR count). The molecular formula is C21H19NO5. The molecule has 138 valence electrons. The molecule has 0 saturated heterocycles. The van der Waals surface area contributed by atoms with E-state index in [4.69, 9.17) is 14.2 Å². The fourth-order valence-corrected chi connectivity index (χ4v) is 4.18. The first-order valence-corrected chi connectivity index (χ1v) is 8.74. The maximum Gasteiger partial charge on any atom is 0.231 e. The maximum absolute atomic E-state index is 10.7. The van der Waals surface area contributed by atoms with Crippen LogP contribution in [-0.2, 0) is 0 Å². The number of fused-ring (bicyclic) bond motifs is 6. The van der Waals surface area contributed by atoms with E-state index in [1.165, 1.54) is 7.11 Å². The molecule has 3 aromatic rings. The van der Waals surface area contributed by atoms with Crippen LogP contribution >= 0.6 is 0 Å². The van der Waals surface area contributed by atoms with Crippen LogP contribution in [0, 0.1) is 0 Å². The van der Waals surface area contributed by atoms with Gasteiger partial charge in [0.2, 0.25) is 6.79 Å². The summed E-state index contributed by atoms with van der Waals surface area (Å²) < 4.78 is 16.3. The molecule has 2 aliphatic rings. The fourth-order valence-electron chi connectivity index (χ4n) is 4.18. The first-order valence-electron chi connectivity index (χ1n) is 8.74. The number of aromatic hydroxyl groups is 1. The number of phenolic OH excluding ortho intramolecular Hbond substituents is 1. The maximum atomic E-state index is 10.7. The molecule has 0 saturated carbocycles. The number of nitrogens with zero attached hydrogens (tertiary/aromatic N) is 1. The van der Waals surface area contributed by atoms with Gasteiger partial charge in [0.15, 0.2) is 23.0 Å². The lowest BCUT2D eigenvalue weighted by Crippen LogP contribution is -2.31. The SMILES string of the molecule is COc1ccc2c(c1O)C(CO)N(C)c1c-2ccc2cc3c(cc12)OCO3. The molecule has 1 unspecified atom stereocenters. The number of aliphatic hydroxyl groups is 1. The van der Waals surface area contributed by atoms with Crippen LogP contribution in [0.5, 0.6) is 23.0 Å². The molecule has 0 spiro atoms. The molecule has 0 bridgehead atoms. The largest absolute Gasteiger partial charge is 0.504 e. The van der Waals surface area contributed by atoms with Gasteiger partial charge in [0, 0.05) is 23.6 Å². The van der Waals surface area contributed by atoms with E-state index in [9.17, 15) is 10.2 Å². The predicted molar refractivity (Wildman–Crippen MR) is 102 cm³/mol. The first-order chi connectivity index (χ1) is 13.1. The van der Waals surface area contributed by atoms with Crippen molar-refractivity contribution < 1.29 is 24.4 Å². The fraction of sp³-hybridized carbons (Fsp3) is 0.238. The van der Waals surface area contributed by atoms with E-state index < -0.39 is 6.04 Å². The van der Waals surface area contributed by atoms with Gasteiger partial charge >= 0.3 is 0 Å². The number of aliphatic hydroxyl groups excluding tert-OH is 1. The zero-order valence-corrected chi connectivity index (χ0v) is 15.0. The van der Waals surface area contributed by atoms with Crippen LogP contribution in [0.25, 0.3) is 21.9 Å². The van der Waals surface area contributed by atoms with Crippen molar-refractivity contribution in [1.29, 1.82) is 0 Å². The molecule has 0 aromatic heterocycles. The third-order valence-electron chi connectivity index (χ3n) is 5.50. The highest BCUT2D eigenvalue weighted by Crippen LogP contribution is 2.52. The zero-order chi connectivity index (χ0) is 18.7. The Bertz CT molecular complexity index is 1080. The van der Waals surface area contributed by atoms with Crippen LogP contribution in [-0.4, -0.2) is 37.8 Å². The lowest BCUT2D eigenvalue weighted by molar-refractivity contribution is 0.174. The van der Waals surface area contributed by atoms with Crippen LogP contribution in [0.15, 0.2) is 36.4 Å². The van der Waals surface area contributed by atoms with Crippen molar-refractivity contribution in [2.75, 3.05) is 32.5 Å². The molecule has 6 nitrogen and oxygen atoms in total. The van der Waals surface area contributed by atoms with E-state index in [-0.39, 0.29) is 19.1 Å². The number of hydrogen-bond acceptors (Lipinski definition) is 6. The molecule has 1 atom stereocenters. The van der Waals surface area contributed by atoms with Crippen molar-refractivity contribution in [3.63, 3.8) is 0 Å². The zero-order valence-electron chi connectivity index (χ0n) is 15.0. The lowest BCUT2D eigenvalue weighted by atomic mass is 9.85. The van der Waals surface area contributed by atoms with Crippen molar-refractivity contribution in [2.24, 2.45) is 0 Å². The Morgan fingerprint density at radius 1 is 1.11 bits per heavy atom. The Kier molecular flexibility index (Phi) is 3.39. The average Bonchev–Trinajstić information content (AvgIpc) is 3.14. The number of methoxy groups -OCH3 is 1. The van der Waals surface area contributed by atoms with Gasteiger partial charge < -0.3 is 29.3 Å². The van der Waals surface area contributed by atoms with E-state index in [2.05, 4.69) is 0 Å². The van der Waals surface area contributed by atoms with Gasteiger partial charge in [0.05, 0.1) is 25.4 Å². The van der Waals surface area contributed by atoms with E-state index >= 15 is 0 Å². The molecular weight excluding hydrogens is 346 g/mol. The van der Waals surface area contributed by atoms with Crippen LogP contribution in [0.2, 0.25) is 0 Å². The second-order valence-electron chi connectivity index (χ2n) is 6.78. The quantitative estimate of drug-likeness (QED) is 0.725. The number of rotatable bonds is 2. The summed E-state index contributed by atoms with van der Waals surface area (Å²) in [4.78, 5) is 2.00. The third-order valence-corrected chi connectivity index (χ3v) is 5.50. The molecule has 2 heterocycles. The number of ether oxygens (including phenoxy) is 3. The highest BCUT2D eigenvalue weighted by molar-refractivity contribution is 6.05. The highest BCUT2D eigenvalue weighted by Gasteiger charge is 2.33. The number of phenols is 1. The predicted octanol–water partition coefficient (Wildman–Crippen LogP) is 3.43. The van der Waals surface area contributed by atoms with E-state index in [1.807, 2.05) is 42.3 Å². The Morgan fingerprint density at radius 3 is 2.59 bits per heavy atom. The molecule has 2 aliphatic heterocycles. The molecule has 2 N–H and O–H groups in total. The van der Waals surface area contributed by atoms with E-state index in [1.54, 1.807) is 6.07 Å². The van der Waals surface area contributed by atoms with Crippen molar-refractivity contribution in [1.82, 2.24) is 0 Å². The van der Waals surface area contributed by atoms with Crippen molar-refractivity contribution in [2.45, 2.75) is 6.04 Å². The molecule has 0 amide bonds. The van der Waals surface area contributed by atoms with E-state index in [0.717, 1.165) is 33.3 Å². The summed E-state index contributed by atoms with van der Waals surface area (Å²) in [5, 5.41) is 22.9. The summed E-state index contributed by atoms with van der Waals surface area (Å²) in [6, 6.07) is 11.3. The minimum absolute atomic E-state index is 0.0670. The van der Waals surface area contributed by atoms with Crippen molar-refractivity contribution in [3.05, 3.63) is 42.0 Å². The summed E-state index contributed by atoms with van der Waals surface area (Å²) >= 11 is 0. The number of benzene rings is 3. The number of anilines is 1. The van der Waals surface area contributed by atoms with Gasteiger partial charge in [-0.15, -0.1) is 0 Å². The van der Waals surface area contributed by atoms with Crippen LogP contribution in [0.4, 0.5) is 5.69 Å². The normalized spacial score (nSPS) is 17.0. The average molecular weight is 365 g/mol. The minimum atomic E-state index is -0.390. The smallest absolute Gasteiger partial charge is 0.231 e. The highest BCUT2D eigenvalue weighted by atomic mass is 16.7. The third kappa shape index (κ3) is 2.10. The Morgan fingerprint density at radius 2 is 1.85 bits per heavy atom. The van der Waals surface area contributed by atoms with Gasteiger partial charge in [0.25, 0.3) is 0 Å². The summed E-state index contributed by atoms with van der Waals surface area (Å²) in [6.45, 7) is 0.0874. The minimum Gasteiger partial charge on any atom is -0.504 e. The van der Waals surface area contributed by atoms with E-state index in [0.29, 0.717) is 17.1 Å². The Hall–Kier alpha value is -3.12. The van der Waals surface area contributed by atoms with Gasteiger partial charge in [-0.25, -0.2) is 0 Å². The summed E-state index contributed by atoms with van der Waals surface area (Å²) in [6.07, 6.45) is 0. The molecule has 27 heavy (non-hydrogen) atoms. The molecule has 6 heteroatoms. The van der Waals surface area contributed by atoms with Gasteiger partial charge in [0.1, 0.15) is 0 Å². The second-order valence-corrected chi connectivity index (χ2v) is 6.78. The second kappa shape index (κ2) is 5.69. The molecule has 0 radical (unpaired) electrons. The van der Waals surface area contributed by atoms with Gasteiger partial charge in [-0.1, -0.05) is 12.1 Å². The van der Waals surface area contributed by atoms with Crippen molar-refractivity contribution in [3.8, 4) is 34.1 Å². The Balaban J connectivity index is 1.84. The Labute approximate surface area is 156 Å². The summed E-state index contributed by atoms with van der Waals surface area (Å²) in [7, 11) is 3.44. The number of hydrogen-bond donors (Lipinski definition) is 2. The first kappa shape index (κ1) is 16.1. The van der Waals surface area contributed by atoms with Crippen LogP contribution < -0.4 is 19.1 Å². The summed E-state index contributed by atoms with van der Waals surface area (Å²) in [5.41, 5.74) is 3.54. The molecule has 3 aromatic carbocycles. The standard InChI is InChI=1S/C21H19NO5/c1-22-15(9-23)19-12(5-6-16(25-2)21(19)24)13-4-3-11-7-17-18(27-10-26-17)8-14(11)20(13)22/h3-8,15,23-24H,9-10H2,1-2H3. The molecule has 0 fully saturated rings. The summed E-state index contributed by atoms with van der Waals surface area (Å²) in [5.74, 6) is 1.92. The van der Waals surface area contributed by atoms with Crippen molar-refractivity contribution >= 4 is 16.5 Å². The number of likely N-dealkylation sites (N-methyl/N-ethyl adjacent to an activating group) is 1. The molecule has 0 aliphatic carbocycles. The van der Waals surface area contributed by atoms with Gasteiger partial charge in [-0.05, 0) is 35.2 Å². The van der Waals surface area contributed by atoms with Gasteiger partial charge in [-0.2, -0.15) is 0 Å². The monoisotopic (exact) mass is 365 g/mol. The lowest BCUT2D eigenvalue weighted by Gasteiger charge is -2.38. The topological polar surface area (TPSA) is 71.4 Å². The van der Waals surface area contributed by atoms with Gasteiger partial charge in [-0.3, -0.25) is 0 Å². The van der Waals surface area contributed by atoms with Crippen LogP contribution in [0.1, 0.15) is 11.6 Å².